The molecule has 0 heterocycles. The van der Waals surface area contributed by atoms with Crippen molar-refractivity contribution in [3.8, 4) is 0 Å². The third-order valence-corrected chi connectivity index (χ3v) is 4.46. The molecule has 2 aliphatic carbocycles. The lowest BCUT2D eigenvalue weighted by molar-refractivity contribution is 0.207. The first-order chi connectivity index (χ1) is 7.29. The topological polar surface area (TPSA) is 15.3 Å². The molecular formula is C13H26N2. The van der Waals surface area contributed by atoms with E-state index in [2.05, 4.69) is 24.3 Å². The molecule has 2 unspecified atom stereocenters. The van der Waals surface area contributed by atoms with Gasteiger partial charge in [0.05, 0.1) is 0 Å². The van der Waals surface area contributed by atoms with Gasteiger partial charge in [-0.1, -0.05) is 12.8 Å². The molecule has 2 atom stereocenters. The Hall–Kier alpha value is -0.0800. The maximum Gasteiger partial charge on any atom is 0.0108 e. The van der Waals surface area contributed by atoms with Crippen molar-refractivity contribution in [2.45, 2.75) is 57.0 Å². The van der Waals surface area contributed by atoms with Crippen LogP contribution in [0.3, 0.4) is 0 Å². The summed E-state index contributed by atoms with van der Waals surface area (Å²) in [6, 6.07) is 1.63. The predicted molar refractivity (Wildman–Crippen MR) is 65.1 cm³/mol. The Morgan fingerprint density at radius 1 is 1.13 bits per heavy atom. The summed E-state index contributed by atoms with van der Waals surface area (Å²) in [6.07, 6.45) is 10.0. The summed E-state index contributed by atoms with van der Waals surface area (Å²) < 4.78 is 0. The zero-order chi connectivity index (χ0) is 10.7. The highest BCUT2D eigenvalue weighted by Gasteiger charge is 2.28. The fourth-order valence-corrected chi connectivity index (χ4v) is 3.37. The second-order valence-corrected chi connectivity index (χ2v) is 5.54. The van der Waals surface area contributed by atoms with Crippen LogP contribution < -0.4 is 5.32 Å². The van der Waals surface area contributed by atoms with Crippen LogP contribution in [0.2, 0.25) is 0 Å². The Morgan fingerprint density at radius 2 is 1.87 bits per heavy atom. The maximum absolute atomic E-state index is 3.42. The molecule has 1 N–H and O–H groups in total. The highest BCUT2D eigenvalue weighted by molar-refractivity contribution is 4.86. The van der Waals surface area contributed by atoms with Crippen LogP contribution in [0.25, 0.3) is 0 Å². The van der Waals surface area contributed by atoms with Crippen LogP contribution in [0.4, 0.5) is 0 Å². The molecule has 2 fully saturated rings. The number of nitrogens with zero attached hydrogens (tertiary/aromatic N) is 1. The van der Waals surface area contributed by atoms with E-state index < -0.39 is 0 Å². The minimum atomic E-state index is 0.779. The second-order valence-electron chi connectivity index (χ2n) is 5.54. The first-order valence-corrected chi connectivity index (χ1v) is 6.67. The van der Waals surface area contributed by atoms with Crippen molar-refractivity contribution in [1.82, 2.24) is 10.2 Å². The molecular weight excluding hydrogens is 184 g/mol. The van der Waals surface area contributed by atoms with Crippen LogP contribution in [0.5, 0.6) is 0 Å². The van der Waals surface area contributed by atoms with Crippen molar-refractivity contribution in [3.05, 3.63) is 0 Å². The van der Waals surface area contributed by atoms with Gasteiger partial charge in [-0.2, -0.15) is 0 Å². The molecule has 0 bridgehead atoms. The average molecular weight is 210 g/mol. The Morgan fingerprint density at radius 3 is 2.47 bits per heavy atom. The molecule has 0 aromatic heterocycles. The normalized spacial score (nSPS) is 33.0. The van der Waals surface area contributed by atoms with Crippen LogP contribution in [-0.4, -0.2) is 37.6 Å². The van der Waals surface area contributed by atoms with Crippen molar-refractivity contribution in [1.29, 1.82) is 0 Å². The van der Waals surface area contributed by atoms with E-state index in [1.807, 2.05) is 0 Å². The molecule has 0 saturated heterocycles. The van der Waals surface area contributed by atoms with Gasteiger partial charge in [0.2, 0.25) is 0 Å². The van der Waals surface area contributed by atoms with Gasteiger partial charge >= 0.3 is 0 Å². The fraction of sp³-hybridized carbons (Fsp3) is 1.00. The molecule has 0 amide bonds. The second kappa shape index (κ2) is 5.31. The largest absolute Gasteiger partial charge is 0.317 e. The monoisotopic (exact) mass is 210 g/mol. The number of nitrogens with one attached hydrogen (secondary N) is 1. The Bertz CT molecular complexity index is 187. The molecule has 0 aromatic carbocycles. The van der Waals surface area contributed by atoms with Crippen molar-refractivity contribution < 1.29 is 0 Å². The van der Waals surface area contributed by atoms with Gasteiger partial charge in [0.1, 0.15) is 0 Å². The van der Waals surface area contributed by atoms with E-state index in [1.54, 1.807) is 0 Å². The molecule has 0 radical (unpaired) electrons. The number of rotatable bonds is 4. The predicted octanol–water partition coefficient (Wildman–Crippen LogP) is 2.25. The van der Waals surface area contributed by atoms with E-state index in [4.69, 9.17) is 0 Å². The number of hydrogen-bond donors (Lipinski definition) is 1. The summed E-state index contributed by atoms with van der Waals surface area (Å²) in [5.41, 5.74) is 0. The van der Waals surface area contributed by atoms with Crippen molar-refractivity contribution >= 4 is 0 Å². The smallest absolute Gasteiger partial charge is 0.0108 e. The molecule has 15 heavy (non-hydrogen) atoms. The van der Waals surface area contributed by atoms with Crippen LogP contribution in [-0.2, 0) is 0 Å². The van der Waals surface area contributed by atoms with Gasteiger partial charge in [0, 0.05) is 18.6 Å². The summed E-state index contributed by atoms with van der Waals surface area (Å²) in [5.74, 6) is 1.00. The lowest BCUT2D eigenvalue weighted by Gasteiger charge is -2.27. The van der Waals surface area contributed by atoms with Gasteiger partial charge in [-0.25, -0.2) is 0 Å². The van der Waals surface area contributed by atoms with Gasteiger partial charge in [-0.15, -0.1) is 0 Å². The third-order valence-electron chi connectivity index (χ3n) is 4.46. The van der Waals surface area contributed by atoms with E-state index in [9.17, 15) is 0 Å². The molecule has 2 aliphatic rings. The SMILES string of the molecule is CNC1CCC(N(C)CC2CCCC2)C1. The van der Waals surface area contributed by atoms with E-state index in [0.717, 1.165) is 18.0 Å². The summed E-state index contributed by atoms with van der Waals surface area (Å²) in [4.78, 5) is 2.63. The van der Waals surface area contributed by atoms with Gasteiger partial charge in [-0.05, 0) is 52.1 Å². The molecule has 2 heteroatoms. The highest BCUT2D eigenvalue weighted by Crippen LogP contribution is 2.28. The number of hydrogen-bond acceptors (Lipinski definition) is 2. The van der Waals surface area contributed by atoms with E-state index in [1.165, 1.54) is 51.5 Å². The minimum absolute atomic E-state index is 0.779. The fourth-order valence-electron chi connectivity index (χ4n) is 3.37. The summed E-state index contributed by atoms with van der Waals surface area (Å²) >= 11 is 0. The van der Waals surface area contributed by atoms with Crippen LogP contribution in [0, 0.1) is 5.92 Å². The van der Waals surface area contributed by atoms with Crippen molar-refractivity contribution in [3.63, 3.8) is 0 Å². The third kappa shape index (κ3) is 2.94. The average Bonchev–Trinajstić information content (AvgIpc) is 2.86. The lowest BCUT2D eigenvalue weighted by atomic mass is 10.1. The van der Waals surface area contributed by atoms with Crippen LogP contribution in [0.15, 0.2) is 0 Å². The molecule has 0 aliphatic heterocycles. The lowest BCUT2D eigenvalue weighted by Crippen LogP contribution is -2.34. The van der Waals surface area contributed by atoms with Crippen molar-refractivity contribution in [2.24, 2.45) is 5.92 Å². The quantitative estimate of drug-likeness (QED) is 0.765. The minimum Gasteiger partial charge on any atom is -0.317 e. The molecule has 2 saturated carbocycles. The van der Waals surface area contributed by atoms with E-state index >= 15 is 0 Å². The standard InChI is InChI=1S/C13H26N2/c1-14-12-7-8-13(9-12)15(2)10-11-5-3-4-6-11/h11-14H,3-10H2,1-2H3. The van der Waals surface area contributed by atoms with E-state index in [0.29, 0.717) is 0 Å². The molecule has 88 valence electrons. The maximum atomic E-state index is 3.42. The Kier molecular flexibility index (Phi) is 4.04. The van der Waals surface area contributed by atoms with Crippen molar-refractivity contribution in [2.75, 3.05) is 20.6 Å². The first-order valence-electron chi connectivity index (χ1n) is 6.67. The van der Waals surface area contributed by atoms with Gasteiger partial charge in [0.15, 0.2) is 0 Å². The molecule has 2 nitrogen and oxygen atoms in total. The zero-order valence-corrected chi connectivity index (χ0v) is 10.3. The zero-order valence-electron chi connectivity index (χ0n) is 10.3. The molecule has 0 aromatic rings. The van der Waals surface area contributed by atoms with Gasteiger partial charge in [-0.3, -0.25) is 0 Å². The first kappa shape index (κ1) is 11.4. The van der Waals surface area contributed by atoms with Gasteiger partial charge < -0.3 is 10.2 Å². The molecule has 2 rings (SSSR count). The van der Waals surface area contributed by atoms with E-state index in [-0.39, 0.29) is 0 Å². The Labute approximate surface area is 94.4 Å². The summed E-state index contributed by atoms with van der Waals surface area (Å²) in [5, 5.41) is 3.42. The highest BCUT2D eigenvalue weighted by atomic mass is 15.1. The van der Waals surface area contributed by atoms with Gasteiger partial charge in [0.25, 0.3) is 0 Å². The summed E-state index contributed by atoms with van der Waals surface area (Å²) in [6.45, 7) is 1.35. The summed E-state index contributed by atoms with van der Waals surface area (Å²) in [7, 11) is 4.44. The van der Waals surface area contributed by atoms with Crippen LogP contribution >= 0.6 is 0 Å². The van der Waals surface area contributed by atoms with Crippen LogP contribution in [0.1, 0.15) is 44.9 Å². The Balaban J connectivity index is 1.73. The molecule has 0 spiro atoms.